The molecule has 2 saturated heterocycles. The van der Waals surface area contributed by atoms with Crippen LogP contribution in [0.25, 0.3) is 0 Å². The summed E-state index contributed by atoms with van der Waals surface area (Å²) in [7, 11) is 1.52. The second kappa shape index (κ2) is 13.9. The first-order chi connectivity index (χ1) is 25.0. The molecule has 2 heterocycles. The zero-order valence-corrected chi connectivity index (χ0v) is 29.5. The maximum atomic E-state index is 15.4. The summed E-state index contributed by atoms with van der Waals surface area (Å²) in [6.45, 7) is -0.587. The van der Waals surface area contributed by atoms with Crippen LogP contribution in [0.1, 0.15) is 36.3 Å². The number of amides is 4. The average Bonchev–Trinajstić information content (AvgIpc) is 3.51. The van der Waals surface area contributed by atoms with Gasteiger partial charge in [-0.3, -0.25) is 34.3 Å². The maximum absolute atomic E-state index is 15.4. The second-order valence-corrected chi connectivity index (χ2v) is 14.1. The highest BCUT2D eigenvalue weighted by Crippen LogP contribution is 2.65. The third-order valence-electron chi connectivity index (χ3n) is 10.8. The summed E-state index contributed by atoms with van der Waals surface area (Å²) in [6.07, 6.45) is 1.72. The maximum Gasteiger partial charge on any atom is 0.305 e. The standard InChI is InChI=1S/C38H35Cl2N3O9/c1-51-22-9-6-20(7-10-22)38-27(35(48)43(37(38)50)41-29-13-8-21(39)18-28(29)40)19-26-23(33(38)24-4-2-3-5-30(24)52-17-16-44)11-12-25-32(26)36(49)42(34(25)47)15-14-31(45)46/h2-11,13,18,25-27,32-33,41,44H,12,14-17,19H2,1H3,(H,45,46)/t25-,26+,27-,32-,33+,38+/m0/s1. The number of aliphatic hydroxyl groups is 1. The van der Waals surface area contributed by atoms with Crippen molar-refractivity contribution in [3.8, 4) is 11.5 Å². The van der Waals surface area contributed by atoms with Gasteiger partial charge < -0.3 is 19.7 Å². The summed E-state index contributed by atoms with van der Waals surface area (Å²) in [5.41, 5.74) is 3.39. The Kier molecular flexibility index (Phi) is 9.49. The first-order valence-electron chi connectivity index (χ1n) is 16.9. The largest absolute Gasteiger partial charge is 0.497 e. The topological polar surface area (TPSA) is 163 Å². The third-order valence-corrected chi connectivity index (χ3v) is 11.3. The number of fused-ring (bicyclic) bond motifs is 4. The van der Waals surface area contributed by atoms with Crippen LogP contribution in [0, 0.1) is 23.7 Å². The molecule has 270 valence electrons. The Hall–Kier alpha value is -4.91. The van der Waals surface area contributed by atoms with Gasteiger partial charge in [-0.05, 0) is 60.7 Å². The van der Waals surface area contributed by atoms with E-state index in [0.717, 1.165) is 9.91 Å². The molecule has 0 unspecified atom stereocenters. The molecule has 12 nitrogen and oxygen atoms in total. The number of rotatable bonds is 11. The fourth-order valence-corrected chi connectivity index (χ4v) is 9.14. The van der Waals surface area contributed by atoms with E-state index in [2.05, 4.69) is 5.43 Å². The molecule has 0 bridgehead atoms. The quantitative estimate of drug-likeness (QED) is 0.183. The highest BCUT2D eigenvalue weighted by molar-refractivity contribution is 6.36. The van der Waals surface area contributed by atoms with E-state index in [1.165, 1.54) is 13.2 Å². The lowest BCUT2D eigenvalue weighted by atomic mass is 9.49. The average molecular weight is 749 g/mol. The number of para-hydroxylation sites is 1. The van der Waals surface area contributed by atoms with Gasteiger partial charge in [-0.25, -0.2) is 0 Å². The van der Waals surface area contributed by atoms with Crippen LogP contribution >= 0.6 is 23.2 Å². The molecule has 0 aromatic heterocycles. The van der Waals surface area contributed by atoms with Crippen molar-refractivity contribution in [2.45, 2.75) is 30.6 Å². The van der Waals surface area contributed by atoms with Crippen molar-refractivity contribution in [1.29, 1.82) is 0 Å². The Morgan fingerprint density at radius 3 is 2.42 bits per heavy atom. The Morgan fingerprint density at radius 1 is 0.981 bits per heavy atom. The number of nitrogens with zero attached hydrogens (tertiary/aromatic N) is 2. The molecule has 2 aliphatic heterocycles. The van der Waals surface area contributed by atoms with Crippen molar-refractivity contribution < 1.29 is 43.7 Å². The van der Waals surface area contributed by atoms with E-state index in [1.807, 2.05) is 6.08 Å². The Morgan fingerprint density at radius 2 is 1.73 bits per heavy atom. The third kappa shape index (κ3) is 5.60. The number of allylic oxidation sites excluding steroid dienone is 2. The zero-order chi connectivity index (χ0) is 36.9. The van der Waals surface area contributed by atoms with E-state index in [1.54, 1.807) is 60.7 Å². The van der Waals surface area contributed by atoms with Crippen molar-refractivity contribution in [3.63, 3.8) is 0 Å². The highest BCUT2D eigenvalue weighted by Gasteiger charge is 2.70. The number of hydrogen-bond acceptors (Lipinski definition) is 9. The monoisotopic (exact) mass is 747 g/mol. The van der Waals surface area contributed by atoms with Crippen LogP contribution in [0.4, 0.5) is 5.69 Å². The van der Waals surface area contributed by atoms with E-state index in [4.69, 9.17) is 32.7 Å². The number of carboxylic acid groups (broad SMARTS) is 1. The van der Waals surface area contributed by atoms with Gasteiger partial charge in [0.25, 0.3) is 11.8 Å². The SMILES string of the molecule is COc1ccc([C@@]23C(=O)N(Nc4ccc(Cl)cc4Cl)C(=O)[C@@H]2C[C@@H]2C(=CC[C@@H]4C(=O)N(CCC(=O)O)C(=O)[C@@H]42)[C@@H]3c2ccccc2OCCO)cc1. The van der Waals surface area contributed by atoms with Gasteiger partial charge in [0.2, 0.25) is 11.8 Å². The number of carbonyl (C=O) groups is 5. The van der Waals surface area contributed by atoms with Crippen LogP contribution in [0.3, 0.4) is 0 Å². The molecule has 1 saturated carbocycles. The van der Waals surface area contributed by atoms with E-state index < -0.39 is 71.0 Å². The second-order valence-electron chi connectivity index (χ2n) is 13.3. The number of halogens is 2. The number of methoxy groups -OCH3 is 1. The molecule has 3 aromatic rings. The van der Waals surface area contributed by atoms with Gasteiger partial charge in [0, 0.05) is 23.0 Å². The van der Waals surface area contributed by atoms with Gasteiger partial charge in [0.05, 0.1) is 54.0 Å². The van der Waals surface area contributed by atoms with Crippen LogP contribution in [0.2, 0.25) is 10.0 Å². The molecule has 4 aliphatic rings. The number of nitrogens with one attached hydrogen (secondary N) is 1. The fourth-order valence-electron chi connectivity index (χ4n) is 8.69. The van der Waals surface area contributed by atoms with Crippen LogP contribution in [0.5, 0.6) is 11.5 Å². The predicted octanol–water partition coefficient (Wildman–Crippen LogP) is 4.83. The minimum absolute atomic E-state index is 0.0398. The number of aliphatic hydroxyl groups excluding tert-OH is 1. The summed E-state index contributed by atoms with van der Waals surface area (Å²) in [6, 6.07) is 18.6. The summed E-state index contributed by atoms with van der Waals surface area (Å²) in [4.78, 5) is 70.4. The Bertz CT molecular complexity index is 2000. The molecular weight excluding hydrogens is 713 g/mol. The van der Waals surface area contributed by atoms with Crippen LogP contribution in [-0.2, 0) is 29.4 Å². The number of aliphatic carboxylic acids is 1. The van der Waals surface area contributed by atoms with Gasteiger partial charge in [-0.1, -0.05) is 65.2 Å². The normalized spacial score (nSPS) is 26.5. The molecule has 3 N–H and O–H groups in total. The summed E-state index contributed by atoms with van der Waals surface area (Å²) >= 11 is 12.7. The van der Waals surface area contributed by atoms with Crippen molar-refractivity contribution in [2.24, 2.45) is 23.7 Å². The Balaban J connectivity index is 1.45. The van der Waals surface area contributed by atoms with Gasteiger partial charge in [-0.15, -0.1) is 0 Å². The van der Waals surface area contributed by atoms with Gasteiger partial charge in [-0.2, -0.15) is 5.01 Å². The number of benzene rings is 3. The molecule has 3 fully saturated rings. The summed E-state index contributed by atoms with van der Waals surface area (Å²) < 4.78 is 11.5. The van der Waals surface area contributed by atoms with Gasteiger partial charge in [0.15, 0.2) is 0 Å². The minimum Gasteiger partial charge on any atom is -0.497 e. The molecule has 2 aliphatic carbocycles. The number of hydrazine groups is 1. The predicted molar refractivity (Wildman–Crippen MR) is 189 cm³/mol. The number of anilines is 1. The number of ether oxygens (including phenoxy) is 2. The van der Waals surface area contributed by atoms with Gasteiger partial charge in [0.1, 0.15) is 18.1 Å². The molecular formula is C38H35Cl2N3O9. The number of hydrogen-bond donors (Lipinski definition) is 3. The summed E-state index contributed by atoms with van der Waals surface area (Å²) in [5, 5.41) is 20.6. The zero-order valence-electron chi connectivity index (χ0n) is 28.0. The van der Waals surface area contributed by atoms with Gasteiger partial charge >= 0.3 is 5.97 Å². The van der Waals surface area contributed by atoms with E-state index in [-0.39, 0.29) is 43.3 Å². The molecule has 0 radical (unpaired) electrons. The van der Waals surface area contributed by atoms with Crippen LogP contribution in [0.15, 0.2) is 78.4 Å². The van der Waals surface area contributed by atoms with Crippen molar-refractivity contribution in [1.82, 2.24) is 9.91 Å². The Labute approximate surface area is 308 Å². The van der Waals surface area contributed by atoms with E-state index in [9.17, 15) is 29.4 Å². The molecule has 3 aromatic carbocycles. The smallest absolute Gasteiger partial charge is 0.305 e. The van der Waals surface area contributed by atoms with E-state index in [0.29, 0.717) is 33.2 Å². The molecule has 0 spiro atoms. The number of carbonyl (C=O) groups excluding carboxylic acids is 4. The summed E-state index contributed by atoms with van der Waals surface area (Å²) in [5.74, 6) is -6.54. The van der Waals surface area contributed by atoms with Crippen molar-refractivity contribution in [2.75, 3.05) is 32.3 Å². The highest BCUT2D eigenvalue weighted by atomic mass is 35.5. The molecule has 6 atom stereocenters. The molecule has 4 amide bonds. The molecule has 52 heavy (non-hydrogen) atoms. The molecule has 14 heteroatoms. The minimum atomic E-state index is -1.60. The van der Waals surface area contributed by atoms with Crippen LogP contribution < -0.4 is 14.9 Å². The van der Waals surface area contributed by atoms with Crippen LogP contribution in [-0.4, -0.2) is 76.6 Å². The fraction of sp³-hybridized carbons (Fsp3) is 0.342. The number of carboxylic acids is 1. The van der Waals surface area contributed by atoms with Crippen molar-refractivity contribution >= 4 is 58.5 Å². The lowest BCUT2D eigenvalue weighted by Crippen LogP contribution is -2.53. The first kappa shape index (κ1) is 35.5. The van der Waals surface area contributed by atoms with E-state index >= 15 is 4.79 Å². The number of likely N-dealkylation sites (tertiary alicyclic amines) is 1. The lowest BCUT2D eigenvalue weighted by molar-refractivity contribution is -0.143. The first-order valence-corrected chi connectivity index (χ1v) is 17.6. The van der Waals surface area contributed by atoms with Crippen molar-refractivity contribution in [3.05, 3.63) is 99.6 Å². The lowest BCUT2D eigenvalue weighted by Gasteiger charge is -2.50. The number of imide groups is 2. The molecule has 7 rings (SSSR count).